The summed E-state index contributed by atoms with van der Waals surface area (Å²) in [5, 5.41) is 0. The molecule has 0 N–H and O–H groups in total. The molecule has 1 aliphatic heterocycles. The molecule has 1 saturated heterocycles. The van der Waals surface area contributed by atoms with E-state index in [1.807, 2.05) is 25.2 Å². The number of Topliss-reactive ketones (excluding diaryl/α,β-unsaturated/α-hetero) is 1. The van der Waals surface area contributed by atoms with Gasteiger partial charge in [0, 0.05) is 37.8 Å². The summed E-state index contributed by atoms with van der Waals surface area (Å²) in [5.41, 5.74) is 1.07. The van der Waals surface area contributed by atoms with Crippen LogP contribution in [0.25, 0.3) is 0 Å². The largest absolute Gasteiger partial charge is 0.341 e. The predicted octanol–water partition coefficient (Wildman–Crippen LogP) is 1.91. The molecule has 1 aromatic carbocycles. The van der Waals surface area contributed by atoms with E-state index in [2.05, 4.69) is 12.1 Å². The van der Waals surface area contributed by atoms with E-state index in [1.54, 1.807) is 4.90 Å². The van der Waals surface area contributed by atoms with Gasteiger partial charge in [-0.1, -0.05) is 30.3 Å². The van der Waals surface area contributed by atoms with Gasteiger partial charge in [-0.2, -0.15) is 0 Å². The lowest BCUT2D eigenvalue weighted by Crippen LogP contribution is -2.46. The van der Waals surface area contributed by atoms with Gasteiger partial charge in [0.15, 0.2) is 0 Å². The van der Waals surface area contributed by atoms with E-state index in [9.17, 15) is 9.59 Å². The third-order valence-electron chi connectivity index (χ3n) is 4.59. The lowest BCUT2D eigenvalue weighted by Gasteiger charge is -2.40. The third kappa shape index (κ3) is 1.50. The highest BCUT2D eigenvalue weighted by molar-refractivity contribution is 5.87. The van der Waals surface area contributed by atoms with Crippen molar-refractivity contribution >= 4 is 11.7 Å². The number of hydrogen-bond donors (Lipinski definition) is 0. The summed E-state index contributed by atoms with van der Waals surface area (Å²) in [6, 6.07) is 10.3. The Hall–Kier alpha value is -1.64. The van der Waals surface area contributed by atoms with Crippen molar-refractivity contribution in [3.63, 3.8) is 0 Å². The second-order valence-corrected chi connectivity index (χ2v) is 5.46. The Morgan fingerprint density at radius 1 is 1.22 bits per heavy atom. The third-order valence-corrected chi connectivity index (χ3v) is 4.59. The average molecular weight is 243 g/mol. The van der Waals surface area contributed by atoms with Crippen molar-refractivity contribution in [2.75, 3.05) is 7.05 Å². The molecule has 0 unspecified atom stereocenters. The number of amides is 1. The van der Waals surface area contributed by atoms with Crippen LogP contribution in [-0.2, 0) is 15.0 Å². The monoisotopic (exact) mass is 243 g/mol. The highest BCUT2D eigenvalue weighted by Crippen LogP contribution is 2.47. The highest BCUT2D eigenvalue weighted by Gasteiger charge is 2.53. The number of likely N-dealkylation sites (N-methyl/N-ethyl adjacent to an activating group) is 1. The second-order valence-electron chi connectivity index (χ2n) is 5.46. The van der Waals surface area contributed by atoms with Crippen molar-refractivity contribution in [3.05, 3.63) is 35.9 Å². The van der Waals surface area contributed by atoms with Crippen LogP contribution in [0.1, 0.15) is 31.2 Å². The molecular formula is C15H17NO2. The minimum atomic E-state index is -0.138. The predicted molar refractivity (Wildman–Crippen MR) is 68.2 cm³/mol. The average Bonchev–Trinajstić information content (AvgIpc) is 2.65. The first-order valence-electron chi connectivity index (χ1n) is 6.46. The van der Waals surface area contributed by atoms with E-state index in [0.717, 1.165) is 6.42 Å². The minimum Gasteiger partial charge on any atom is -0.341 e. The Morgan fingerprint density at radius 3 is 2.67 bits per heavy atom. The number of hydrogen-bond acceptors (Lipinski definition) is 2. The van der Waals surface area contributed by atoms with Crippen LogP contribution in [0.4, 0.5) is 0 Å². The molecule has 0 bridgehead atoms. The van der Waals surface area contributed by atoms with Gasteiger partial charge in [0.1, 0.15) is 5.78 Å². The number of carbonyl (C=O) groups excluding carboxylic acids is 2. The first-order valence-corrected chi connectivity index (χ1v) is 6.46. The lowest BCUT2D eigenvalue weighted by molar-refractivity contribution is -0.128. The van der Waals surface area contributed by atoms with Crippen LogP contribution < -0.4 is 0 Å². The molecule has 1 heterocycles. The van der Waals surface area contributed by atoms with Crippen LogP contribution in [0.15, 0.2) is 30.3 Å². The Bertz CT molecular complexity index is 496. The van der Waals surface area contributed by atoms with Gasteiger partial charge in [-0.25, -0.2) is 0 Å². The van der Waals surface area contributed by atoms with Crippen LogP contribution in [0.2, 0.25) is 0 Å². The Morgan fingerprint density at radius 2 is 1.94 bits per heavy atom. The number of benzene rings is 1. The van der Waals surface area contributed by atoms with Crippen LogP contribution in [0, 0.1) is 0 Å². The first-order chi connectivity index (χ1) is 8.63. The van der Waals surface area contributed by atoms with Gasteiger partial charge in [0.05, 0.1) is 0 Å². The van der Waals surface area contributed by atoms with E-state index in [0.29, 0.717) is 19.3 Å². The van der Waals surface area contributed by atoms with Crippen molar-refractivity contribution in [1.82, 2.24) is 4.90 Å². The van der Waals surface area contributed by atoms with Gasteiger partial charge in [0.2, 0.25) is 5.91 Å². The van der Waals surface area contributed by atoms with Crippen molar-refractivity contribution in [2.45, 2.75) is 37.1 Å². The molecular weight excluding hydrogens is 226 g/mol. The molecule has 94 valence electrons. The standard InChI is InChI=1S/C15H17NO2/c1-16-13-9-12(17)7-8-15(13,10-14(16)18)11-5-3-2-4-6-11/h2-6,13H,7-10H2,1H3/t13-,15-/m1/s1. The second kappa shape index (κ2) is 3.94. The molecule has 0 radical (unpaired) electrons. The number of ketones is 1. The Kier molecular flexibility index (Phi) is 2.51. The fraction of sp³-hybridized carbons (Fsp3) is 0.467. The van der Waals surface area contributed by atoms with Gasteiger partial charge in [-0.15, -0.1) is 0 Å². The smallest absolute Gasteiger partial charge is 0.223 e. The minimum absolute atomic E-state index is 0.0497. The topological polar surface area (TPSA) is 37.4 Å². The van der Waals surface area contributed by atoms with Gasteiger partial charge in [-0.05, 0) is 12.0 Å². The quantitative estimate of drug-likeness (QED) is 0.755. The maximum Gasteiger partial charge on any atom is 0.223 e. The summed E-state index contributed by atoms with van der Waals surface area (Å²) in [5.74, 6) is 0.451. The summed E-state index contributed by atoms with van der Waals surface area (Å²) in [6.07, 6.45) is 2.46. The van der Waals surface area contributed by atoms with Crippen LogP contribution in [-0.4, -0.2) is 29.7 Å². The van der Waals surface area contributed by atoms with E-state index >= 15 is 0 Å². The molecule has 18 heavy (non-hydrogen) atoms. The van der Waals surface area contributed by atoms with E-state index in [4.69, 9.17) is 0 Å². The summed E-state index contributed by atoms with van der Waals surface area (Å²) >= 11 is 0. The summed E-state index contributed by atoms with van der Waals surface area (Å²) < 4.78 is 0. The molecule has 0 aromatic heterocycles. The molecule has 1 aromatic rings. The van der Waals surface area contributed by atoms with Crippen molar-refractivity contribution in [3.8, 4) is 0 Å². The van der Waals surface area contributed by atoms with Gasteiger partial charge >= 0.3 is 0 Å². The normalized spacial score (nSPS) is 31.6. The Balaban J connectivity index is 2.07. The van der Waals surface area contributed by atoms with Gasteiger partial charge in [-0.3, -0.25) is 9.59 Å². The maximum atomic E-state index is 12.0. The molecule has 0 spiro atoms. The number of likely N-dealkylation sites (tertiary alicyclic amines) is 1. The summed E-state index contributed by atoms with van der Waals surface area (Å²) in [4.78, 5) is 25.5. The van der Waals surface area contributed by atoms with Crippen molar-refractivity contribution in [2.24, 2.45) is 0 Å². The number of nitrogens with zero attached hydrogens (tertiary/aromatic N) is 1. The molecule has 2 aliphatic rings. The zero-order chi connectivity index (χ0) is 12.8. The summed E-state index contributed by atoms with van der Waals surface area (Å²) in [7, 11) is 1.83. The van der Waals surface area contributed by atoms with Crippen molar-refractivity contribution in [1.29, 1.82) is 0 Å². The van der Waals surface area contributed by atoms with Crippen molar-refractivity contribution < 1.29 is 9.59 Å². The fourth-order valence-electron chi connectivity index (χ4n) is 3.53. The molecule has 1 amide bonds. The van der Waals surface area contributed by atoms with Gasteiger partial charge < -0.3 is 4.90 Å². The highest BCUT2D eigenvalue weighted by atomic mass is 16.2. The maximum absolute atomic E-state index is 12.0. The SMILES string of the molecule is CN1C(=O)C[C@@]2(c3ccccc3)CCC(=O)C[C@@H]12. The molecule has 3 nitrogen and oxygen atoms in total. The Labute approximate surface area is 107 Å². The molecule has 1 aliphatic carbocycles. The molecule has 2 atom stereocenters. The fourth-order valence-corrected chi connectivity index (χ4v) is 3.53. The van der Waals surface area contributed by atoms with Crippen LogP contribution in [0.5, 0.6) is 0 Å². The molecule has 3 rings (SSSR count). The number of rotatable bonds is 1. The molecule has 2 fully saturated rings. The first kappa shape index (κ1) is 11.5. The van der Waals surface area contributed by atoms with E-state index < -0.39 is 0 Å². The van der Waals surface area contributed by atoms with Gasteiger partial charge in [0.25, 0.3) is 0 Å². The zero-order valence-electron chi connectivity index (χ0n) is 10.6. The molecule has 3 heteroatoms. The summed E-state index contributed by atoms with van der Waals surface area (Å²) in [6.45, 7) is 0. The van der Waals surface area contributed by atoms with Crippen LogP contribution in [0.3, 0.4) is 0 Å². The lowest BCUT2D eigenvalue weighted by atomic mass is 9.66. The number of carbonyl (C=O) groups is 2. The van der Waals surface area contributed by atoms with Crippen LogP contribution >= 0.6 is 0 Å². The van der Waals surface area contributed by atoms with E-state index in [-0.39, 0.29) is 23.1 Å². The van der Waals surface area contributed by atoms with E-state index in [1.165, 1.54) is 5.56 Å². The molecule has 1 saturated carbocycles. The number of fused-ring (bicyclic) bond motifs is 1. The zero-order valence-corrected chi connectivity index (χ0v) is 10.6.